The van der Waals surface area contributed by atoms with Crippen molar-refractivity contribution >= 4 is 5.84 Å². The molecular weight excluding hydrogens is 138 g/mol. The van der Waals surface area contributed by atoms with Gasteiger partial charge >= 0.3 is 0 Å². The Morgan fingerprint density at radius 3 is 2.55 bits per heavy atom. The minimum Gasteiger partial charge on any atom is -0.388 e. The van der Waals surface area contributed by atoms with Crippen LogP contribution < -0.4 is 11.1 Å². The lowest BCUT2D eigenvalue weighted by Gasteiger charge is -2.08. The fraction of sp³-hybridized carbons (Fsp3) is 0.625. The molecule has 0 spiro atoms. The second kappa shape index (κ2) is 4.77. The molecule has 0 radical (unpaired) electrons. The molecule has 0 atom stereocenters. The highest BCUT2D eigenvalue weighted by atomic mass is 14.9. The second-order valence-electron chi connectivity index (χ2n) is 3.06. The van der Waals surface area contributed by atoms with Gasteiger partial charge in [-0.25, -0.2) is 0 Å². The zero-order chi connectivity index (χ0) is 8.85. The predicted octanol–water partition coefficient (Wildman–Crippen LogP) is 1.07. The molecule has 0 amide bonds. The summed E-state index contributed by atoms with van der Waals surface area (Å²) in [5, 5.41) is 10.1. The van der Waals surface area contributed by atoms with Gasteiger partial charge in [0.15, 0.2) is 0 Å². The zero-order valence-electron chi connectivity index (χ0n) is 7.44. The zero-order valence-corrected chi connectivity index (χ0v) is 7.44. The molecule has 0 rings (SSSR count). The Morgan fingerprint density at radius 2 is 2.18 bits per heavy atom. The number of rotatable bonds is 4. The number of allylic oxidation sites excluding steroid dienone is 1. The van der Waals surface area contributed by atoms with Gasteiger partial charge in [0.1, 0.15) is 5.84 Å². The van der Waals surface area contributed by atoms with Crippen LogP contribution in [0.4, 0.5) is 0 Å². The van der Waals surface area contributed by atoms with Crippen LogP contribution in [0.1, 0.15) is 20.8 Å². The number of hydrogen-bond donors (Lipinski definition) is 3. The molecule has 0 fully saturated rings. The van der Waals surface area contributed by atoms with Gasteiger partial charge in [-0.1, -0.05) is 13.8 Å². The van der Waals surface area contributed by atoms with Gasteiger partial charge in [0.2, 0.25) is 0 Å². The van der Waals surface area contributed by atoms with Gasteiger partial charge in [0, 0.05) is 12.2 Å². The third kappa shape index (κ3) is 6.90. The molecule has 0 aromatic rings. The van der Waals surface area contributed by atoms with Crippen LogP contribution in [0, 0.1) is 11.3 Å². The maximum Gasteiger partial charge on any atom is 0.117 e. The smallest absolute Gasteiger partial charge is 0.117 e. The third-order valence-electron chi connectivity index (χ3n) is 1.16. The maximum atomic E-state index is 6.97. The molecule has 64 valence electrons. The van der Waals surface area contributed by atoms with Crippen LogP contribution in [0.2, 0.25) is 0 Å². The van der Waals surface area contributed by atoms with Gasteiger partial charge in [-0.2, -0.15) is 0 Å². The first kappa shape index (κ1) is 10.0. The van der Waals surface area contributed by atoms with Crippen LogP contribution in [0.15, 0.2) is 11.8 Å². The summed E-state index contributed by atoms with van der Waals surface area (Å²) < 4.78 is 0. The lowest BCUT2D eigenvalue weighted by Crippen LogP contribution is -2.19. The summed E-state index contributed by atoms with van der Waals surface area (Å²) in [6, 6.07) is 0. The highest BCUT2D eigenvalue weighted by Crippen LogP contribution is 1.91. The number of nitrogens with two attached hydrogens (primary N) is 1. The van der Waals surface area contributed by atoms with Crippen molar-refractivity contribution < 1.29 is 0 Å². The van der Waals surface area contributed by atoms with Crippen molar-refractivity contribution in [2.45, 2.75) is 20.8 Å². The molecule has 11 heavy (non-hydrogen) atoms. The summed E-state index contributed by atoms with van der Waals surface area (Å²) in [4.78, 5) is 0. The van der Waals surface area contributed by atoms with E-state index in [2.05, 4.69) is 19.2 Å². The third-order valence-corrected chi connectivity index (χ3v) is 1.16. The molecule has 0 bridgehead atoms. The van der Waals surface area contributed by atoms with E-state index in [-0.39, 0.29) is 5.84 Å². The average molecular weight is 155 g/mol. The van der Waals surface area contributed by atoms with E-state index in [1.54, 1.807) is 6.08 Å². The summed E-state index contributed by atoms with van der Waals surface area (Å²) in [7, 11) is 0. The maximum absolute atomic E-state index is 6.97. The predicted molar refractivity (Wildman–Crippen MR) is 48.5 cm³/mol. The molecule has 4 N–H and O–H groups in total. The van der Waals surface area contributed by atoms with Crippen molar-refractivity contribution in [3.05, 3.63) is 11.8 Å². The summed E-state index contributed by atoms with van der Waals surface area (Å²) in [5.41, 5.74) is 6.12. The minimum atomic E-state index is 0.0961. The second-order valence-corrected chi connectivity index (χ2v) is 3.06. The number of nitrogens with one attached hydrogen (secondary N) is 2. The molecule has 0 aliphatic heterocycles. The van der Waals surface area contributed by atoms with Crippen LogP contribution in [-0.2, 0) is 0 Å². The van der Waals surface area contributed by atoms with Crippen molar-refractivity contribution in [3.63, 3.8) is 0 Å². The summed E-state index contributed by atoms with van der Waals surface area (Å²) >= 11 is 0. The van der Waals surface area contributed by atoms with E-state index in [9.17, 15) is 0 Å². The van der Waals surface area contributed by atoms with E-state index in [1.165, 1.54) is 0 Å². The molecule has 0 aromatic heterocycles. The monoisotopic (exact) mass is 155 g/mol. The van der Waals surface area contributed by atoms with E-state index < -0.39 is 0 Å². The first-order chi connectivity index (χ1) is 5.02. The highest BCUT2D eigenvalue weighted by Gasteiger charge is 1.92. The molecule has 0 aliphatic carbocycles. The van der Waals surface area contributed by atoms with Crippen LogP contribution in [0.25, 0.3) is 0 Å². The van der Waals surface area contributed by atoms with Crippen molar-refractivity contribution in [2.24, 2.45) is 11.7 Å². The molecule has 3 heteroatoms. The van der Waals surface area contributed by atoms with Crippen molar-refractivity contribution in [2.75, 3.05) is 6.54 Å². The Bertz CT molecular complexity index is 159. The van der Waals surface area contributed by atoms with E-state index in [0.717, 1.165) is 12.2 Å². The summed E-state index contributed by atoms with van der Waals surface area (Å²) in [6.07, 6.45) is 1.61. The van der Waals surface area contributed by atoms with Crippen LogP contribution >= 0.6 is 0 Å². The van der Waals surface area contributed by atoms with Crippen molar-refractivity contribution in [1.29, 1.82) is 5.41 Å². The number of amidine groups is 1. The highest BCUT2D eigenvalue weighted by molar-refractivity contribution is 5.88. The molecule has 0 heterocycles. The normalized spacial score (nSPS) is 11.8. The standard InChI is InChI=1S/C8H17N3/c1-6(2)5-11-7(3)4-8(9)10/h4,6,11H,5H2,1-3H3,(H3,9,10)/b7-4-. The van der Waals surface area contributed by atoms with Crippen molar-refractivity contribution in [3.8, 4) is 0 Å². The SMILES string of the molecule is C/C(=C/C(=N)N)NCC(C)C. The fourth-order valence-corrected chi connectivity index (χ4v) is 0.649. The van der Waals surface area contributed by atoms with E-state index in [0.29, 0.717) is 5.92 Å². The Morgan fingerprint density at radius 1 is 1.64 bits per heavy atom. The lowest BCUT2D eigenvalue weighted by atomic mass is 10.2. The van der Waals surface area contributed by atoms with Crippen molar-refractivity contribution in [1.82, 2.24) is 5.32 Å². The Labute approximate surface area is 68.2 Å². The largest absolute Gasteiger partial charge is 0.388 e. The molecule has 0 unspecified atom stereocenters. The molecule has 0 aromatic carbocycles. The van der Waals surface area contributed by atoms with Crippen LogP contribution in [0.3, 0.4) is 0 Å². The minimum absolute atomic E-state index is 0.0961. The van der Waals surface area contributed by atoms with Gasteiger partial charge in [0.05, 0.1) is 0 Å². The topological polar surface area (TPSA) is 61.9 Å². The fourth-order valence-electron chi connectivity index (χ4n) is 0.649. The average Bonchev–Trinajstić information content (AvgIpc) is 1.82. The Hall–Kier alpha value is -0.990. The van der Waals surface area contributed by atoms with E-state index in [1.807, 2.05) is 6.92 Å². The van der Waals surface area contributed by atoms with E-state index >= 15 is 0 Å². The van der Waals surface area contributed by atoms with Crippen LogP contribution in [-0.4, -0.2) is 12.4 Å². The Kier molecular flexibility index (Phi) is 4.34. The van der Waals surface area contributed by atoms with Gasteiger partial charge in [0.25, 0.3) is 0 Å². The van der Waals surface area contributed by atoms with Gasteiger partial charge in [-0.15, -0.1) is 0 Å². The first-order valence-electron chi connectivity index (χ1n) is 3.78. The van der Waals surface area contributed by atoms with Crippen LogP contribution in [0.5, 0.6) is 0 Å². The van der Waals surface area contributed by atoms with E-state index in [4.69, 9.17) is 11.1 Å². The molecular formula is C8H17N3. The molecule has 0 saturated carbocycles. The Balaban J connectivity index is 3.68. The lowest BCUT2D eigenvalue weighted by molar-refractivity contribution is 0.596. The van der Waals surface area contributed by atoms with Gasteiger partial charge in [-0.05, 0) is 18.9 Å². The quantitative estimate of drug-likeness (QED) is 0.420. The molecule has 3 nitrogen and oxygen atoms in total. The van der Waals surface area contributed by atoms with Gasteiger partial charge in [-0.3, -0.25) is 5.41 Å². The summed E-state index contributed by atoms with van der Waals surface area (Å²) in [6.45, 7) is 7.10. The molecule has 0 aliphatic rings. The first-order valence-corrected chi connectivity index (χ1v) is 3.78. The van der Waals surface area contributed by atoms with Gasteiger partial charge < -0.3 is 11.1 Å². The molecule has 0 saturated heterocycles. The summed E-state index contributed by atoms with van der Waals surface area (Å²) in [5.74, 6) is 0.712. The number of hydrogen-bond acceptors (Lipinski definition) is 2.